The van der Waals surface area contributed by atoms with Gasteiger partial charge in [0.15, 0.2) is 9.84 Å². The highest BCUT2D eigenvalue weighted by Crippen LogP contribution is 2.37. The van der Waals surface area contributed by atoms with Gasteiger partial charge < -0.3 is 10.6 Å². The van der Waals surface area contributed by atoms with E-state index >= 15 is 0 Å². The molecule has 1 fully saturated rings. The molecular weight excluding hydrogens is 260 g/mol. The Kier molecular flexibility index (Phi) is 3.76. The van der Waals surface area contributed by atoms with Crippen LogP contribution in [0.1, 0.15) is 33.1 Å². The molecular formula is C14H22N2O2S. The van der Waals surface area contributed by atoms with Crippen molar-refractivity contribution in [3.05, 3.63) is 18.2 Å². The van der Waals surface area contributed by atoms with Gasteiger partial charge in [0.25, 0.3) is 0 Å². The molecule has 2 N–H and O–H groups in total. The van der Waals surface area contributed by atoms with E-state index in [-0.39, 0.29) is 4.90 Å². The van der Waals surface area contributed by atoms with Gasteiger partial charge in [-0.05, 0) is 38.3 Å². The average molecular weight is 282 g/mol. The summed E-state index contributed by atoms with van der Waals surface area (Å²) >= 11 is 0. The molecule has 2 unspecified atom stereocenters. The second-order valence-electron chi connectivity index (χ2n) is 5.36. The maximum Gasteiger partial charge on any atom is 0.177 e. The third-order valence-corrected chi connectivity index (χ3v) is 5.13. The van der Waals surface area contributed by atoms with Crippen LogP contribution in [-0.2, 0) is 9.84 Å². The molecule has 0 spiro atoms. The average Bonchev–Trinajstić information content (AvgIpc) is 2.69. The monoisotopic (exact) mass is 282 g/mol. The Hall–Kier alpha value is -1.23. The van der Waals surface area contributed by atoms with Crippen LogP contribution in [-0.4, -0.2) is 26.8 Å². The van der Waals surface area contributed by atoms with Crippen molar-refractivity contribution in [2.24, 2.45) is 0 Å². The van der Waals surface area contributed by atoms with Gasteiger partial charge in [-0.3, -0.25) is 0 Å². The predicted molar refractivity (Wildman–Crippen MR) is 79.2 cm³/mol. The number of para-hydroxylation sites is 1. The maximum absolute atomic E-state index is 11.8. The maximum atomic E-state index is 11.8. The van der Waals surface area contributed by atoms with Crippen molar-refractivity contribution in [2.75, 3.05) is 16.9 Å². The first kappa shape index (κ1) is 14.2. The van der Waals surface area contributed by atoms with Crippen LogP contribution in [0.25, 0.3) is 0 Å². The molecule has 1 saturated heterocycles. The molecule has 4 nitrogen and oxygen atoms in total. The fourth-order valence-corrected chi connectivity index (χ4v) is 3.82. The third-order valence-electron chi connectivity index (χ3n) is 3.98. The summed E-state index contributed by atoms with van der Waals surface area (Å²) in [5.74, 6) is 0. The van der Waals surface area contributed by atoms with E-state index in [1.165, 1.54) is 6.26 Å². The second-order valence-corrected chi connectivity index (χ2v) is 7.34. The van der Waals surface area contributed by atoms with Gasteiger partial charge in [0.2, 0.25) is 0 Å². The van der Waals surface area contributed by atoms with Crippen molar-refractivity contribution in [1.29, 1.82) is 0 Å². The van der Waals surface area contributed by atoms with Crippen LogP contribution in [0.5, 0.6) is 0 Å². The number of nitrogens with zero attached hydrogens (tertiary/aromatic N) is 1. The molecule has 0 aliphatic carbocycles. The number of anilines is 2. The molecule has 1 aliphatic rings. The van der Waals surface area contributed by atoms with Gasteiger partial charge >= 0.3 is 0 Å². The Bertz CT molecular complexity index is 569. The van der Waals surface area contributed by atoms with Crippen LogP contribution in [0.15, 0.2) is 23.1 Å². The quantitative estimate of drug-likeness (QED) is 0.865. The minimum absolute atomic E-state index is 0.235. The number of benzene rings is 1. The molecule has 0 amide bonds. The molecule has 0 saturated carbocycles. The summed E-state index contributed by atoms with van der Waals surface area (Å²) in [5.41, 5.74) is 7.35. The van der Waals surface area contributed by atoms with E-state index in [2.05, 4.69) is 18.7 Å². The van der Waals surface area contributed by atoms with Crippen molar-refractivity contribution in [3.8, 4) is 0 Å². The number of rotatable bonds is 3. The van der Waals surface area contributed by atoms with Crippen LogP contribution >= 0.6 is 0 Å². The predicted octanol–water partition coefficient (Wildman–Crippen LogP) is 2.44. The van der Waals surface area contributed by atoms with E-state index in [0.29, 0.717) is 17.8 Å². The van der Waals surface area contributed by atoms with Gasteiger partial charge in [0.1, 0.15) is 0 Å². The zero-order chi connectivity index (χ0) is 14.2. The third kappa shape index (κ3) is 2.56. The number of sulfone groups is 1. The van der Waals surface area contributed by atoms with E-state index in [1.54, 1.807) is 12.1 Å². The zero-order valence-corrected chi connectivity index (χ0v) is 12.6. The van der Waals surface area contributed by atoms with Crippen molar-refractivity contribution in [2.45, 2.75) is 50.1 Å². The molecule has 1 aromatic carbocycles. The van der Waals surface area contributed by atoms with Crippen LogP contribution in [0.3, 0.4) is 0 Å². The highest BCUT2D eigenvalue weighted by molar-refractivity contribution is 7.90. The van der Waals surface area contributed by atoms with E-state index in [1.807, 2.05) is 6.07 Å². The zero-order valence-electron chi connectivity index (χ0n) is 11.8. The molecule has 0 bridgehead atoms. The van der Waals surface area contributed by atoms with Gasteiger partial charge in [0, 0.05) is 18.3 Å². The minimum Gasteiger partial charge on any atom is -0.396 e. The molecule has 5 heteroatoms. The summed E-state index contributed by atoms with van der Waals surface area (Å²) in [5, 5.41) is 0. The van der Waals surface area contributed by atoms with Crippen molar-refractivity contribution in [3.63, 3.8) is 0 Å². The molecule has 1 aromatic rings. The van der Waals surface area contributed by atoms with E-state index < -0.39 is 9.84 Å². The molecule has 19 heavy (non-hydrogen) atoms. The van der Waals surface area contributed by atoms with Crippen molar-refractivity contribution >= 4 is 21.2 Å². The minimum atomic E-state index is -3.28. The summed E-state index contributed by atoms with van der Waals surface area (Å²) in [6, 6.07) is 6.14. The molecule has 106 valence electrons. The molecule has 2 atom stereocenters. The summed E-state index contributed by atoms with van der Waals surface area (Å²) in [6.07, 6.45) is 4.52. The standard InChI is InChI=1S/C14H22N2O2S/c1-4-11-9-8-10(2)16(11)12-6-5-7-13(14(12)15)19(3,17)18/h5-7,10-11H,4,8-9,15H2,1-3H3. The van der Waals surface area contributed by atoms with Crippen LogP contribution in [0, 0.1) is 0 Å². The first-order chi connectivity index (χ1) is 8.86. The molecule has 0 radical (unpaired) electrons. The molecule has 1 aliphatic heterocycles. The largest absolute Gasteiger partial charge is 0.396 e. The van der Waals surface area contributed by atoms with Gasteiger partial charge in [-0.2, -0.15) is 0 Å². The first-order valence-electron chi connectivity index (χ1n) is 6.73. The number of hydrogen-bond acceptors (Lipinski definition) is 4. The summed E-state index contributed by atoms with van der Waals surface area (Å²) in [7, 11) is -3.28. The fraction of sp³-hybridized carbons (Fsp3) is 0.571. The Morgan fingerprint density at radius 3 is 2.63 bits per heavy atom. The second kappa shape index (κ2) is 5.04. The number of nitrogen functional groups attached to an aromatic ring is 1. The van der Waals surface area contributed by atoms with E-state index in [0.717, 1.165) is 24.9 Å². The lowest BCUT2D eigenvalue weighted by Gasteiger charge is -2.31. The Morgan fingerprint density at radius 1 is 1.37 bits per heavy atom. The van der Waals surface area contributed by atoms with E-state index in [9.17, 15) is 8.42 Å². The number of hydrogen-bond donors (Lipinski definition) is 1. The first-order valence-corrected chi connectivity index (χ1v) is 8.62. The lowest BCUT2D eigenvalue weighted by Crippen LogP contribution is -2.34. The lowest BCUT2D eigenvalue weighted by molar-refractivity contribution is 0.601. The SMILES string of the molecule is CCC1CCC(C)N1c1cccc(S(C)(=O)=O)c1N. The van der Waals surface area contributed by atoms with Gasteiger partial charge in [-0.1, -0.05) is 13.0 Å². The molecule has 2 rings (SSSR count). The number of nitrogens with two attached hydrogens (primary N) is 1. The topological polar surface area (TPSA) is 63.4 Å². The summed E-state index contributed by atoms with van der Waals surface area (Å²) < 4.78 is 23.5. The molecule has 0 aromatic heterocycles. The van der Waals surface area contributed by atoms with E-state index in [4.69, 9.17) is 5.73 Å². The Morgan fingerprint density at radius 2 is 2.05 bits per heavy atom. The van der Waals surface area contributed by atoms with Crippen LogP contribution in [0.2, 0.25) is 0 Å². The lowest BCUT2D eigenvalue weighted by atomic mass is 10.1. The highest BCUT2D eigenvalue weighted by Gasteiger charge is 2.31. The Labute approximate surface area is 115 Å². The summed E-state index contributed by atoms with van der Waals surface area (Å²) in [6.45, 7) is 4.33. The smallest absolute Gasteiger partial charge is 0.177 e. The highest BCUT2D eigenvalue weighted by atomic mass is 32.2. The fourth-order valence-electron chi connectivity index (χ4n) is 2.99. The van der Waals surface area contributed by atoms with Crippen molar-refractivity contribution < 1.29 is 8.42 Å². The van der Waals surface area contributed by atoms with Gasteiger partial charge in [0.05, 0.1) is 16.3 Å². The summed E-state index contributed by atoms with van der Waals surface area (Å²) in [4.78, 5) is 2.52. The van der Waals surface area contributed by atoms with Crippen LogP contribution < -0.4 is 10.6 Å². The van der Waals surface area contributed by atoms with Crippen molar-refractivity contribution in [1.82, 2.24) is 0 Å². The van der Waals surface area contributed by atoms with Gasteiger partial charge in [-0.25, -0.2) is 8.42 Å². The molecule has 1 heterocycles. The van der Waals surface area contributed by atoms with Gasteiger partial charge in [-0.15, -0.1) is 0 Å². The Balaban J connectivity index is 2.51. The normalized spacial score (nSPS) is 23.8. The van der Waals surface area contributed by atoms with Crippen LogP contribution in [0.4, 0.5) is 11.4 Å².